The van der Waals surface area contributed by atoms with Gasteiger partial charge in [0.1, 0.15) is 0 Å². The number of hydrogen-bond donors (Lipinski definition) is 1. The van der Waals surface area contributed by atoms with Gasteiger partial charge < -0.3 is 10.1 Å². The number of methoxy groups -OCH3 is 1. The smallest absolute Gasteiger partial charge is 0.337 e. The Morgan fingerprint density at radius 1 is 1.38 bits per heavy atom. The molecule has 0 spiro atoms. The molecule has 0 radical (unpaired) electrons. The van der Waals surface area contributed by atoms with Crippen molar-refractivity contribution in [2.45, 2.75) is 11.3 Å². The standard InChI is InChI=1S/C13H16N2O5S/c1-20-13(17)10-4-2-5-11(8-10)21(18,19)15-7-3-6-14-12(16)9-15/h2,4-5,8H,3,6-7,9H2,1H3,(H,14,16). The van der Waals surface area contributed by atoms with Crippen LogP contribution in [0, 0.1) is 0 Å². The van der Waals surface area contributed by atoms with E-state index >= 15 is 0 Å². The Hall–Kier alpha value is -1.93. The highest BCUT2D eigenvalue weighted by molar-refractivity contribution is 7.89. The molecule has 1 aliphatic heterocycles. The van der Waals surface area contributed by atoms with E-state index in [4.69, 9.17) is 0 Å². The van der Waals surface area contributed by atoms with E-state index in [2.05, 4.69) is 10.1 Å². The van der Waals surface area contributed by atoms with Crippen molar-refractivity contribution in [3.63, 3.8) is 0 Å². The number of hydrogen-bond acceptors (Lipinski definition) is 5. The molecular weight excluding hydrogens is 296 g/mol. The summed E-state index contributed by atoms with van der Waals surface area (Å²) < 4.78 is 30.8. The maximum Gasteiger partial charge on any atom is 0.337 e. The van der Waals surface area contributed by atoms with Crippen LogP contribution in [0.2, 0.25) is 0 Å². The molecule has 1 fully saturated rings. The van der Waals surface area contributed by atoms with Crippen LogP contribution in [0.1, 0.15) is 16.8 Å². The number of benzene rings is 1. The van der Waals surface area contributed by atoms with Gasteiger partial charge in [0.15, 0.2) is 0 Å². The van der Waals surface area contributed by atoms with Gasteiger partial charge in [0.2, 0.25) is 15.9 Å². The first-order valence-electron chi connectivity index (χ1n) is 6.40. The zero-order chi connectivity index (χ0) is 15.5. The second-order valence-electron chi connectivity index (χ2n) is 4.56. The zero-order valence-electron chi connectivity index (χ0n) is 11.5. The second-order valence-corrected chi connectivity index (χ2v) is 6.50. The van der Waals surface area contributed by atoms with Crippen LogP contribution in [-0.4, -0.2) is 51.3 Å². The lowest BCUT2D eigenvalue weighted by atomic mass is 10.2. The second kappa shape index (κ2) is 6.23. The minimum Gasteiger partial charge on any atom is -0.465 e. The molecule has 8 heteroatoms. The topological polar surface area (TPSA) is 92.8 Å². The molecule has 1 heterocycles. The van der Waals surface area contributed by atoms with E-state index in [1.807, 2.05) is 0 Å². The van der Waals surface area contributed by atoms with E-state index in [9.17, 15) is 18.0 Å². The van der Waals surface area contributed by atoms with Gasteiger partial charge in [-0.15, -0.1) is 0 Å². The van der Waals surface area contributed by atoms with Gasteiger partial charge in [-0.2, -0.15) is 4.31 Å². The molecule has 1 saturated heterocycles. The van der Waals surface area contributed by atoms with E-state index in [1.165, 1.54) is 31.4 Å². The van der Waals surface area contributed by atoms with E-state index in [1.54, 1.807) is 0 Å². The van der Waals surface area contributed by atoms with Crippen molar-refractivity contribution >= 4 is 21.9 Å². The first-order valence-corrected chi connectivity index (χ1v) is 7.84. The van der Waals surface area contributed by atoms with Gasteiger partial charge in [0.05, 0.1) is 24.1 Å². The molecule has 0 aliphatic carbocycles. The Morgan fingerprint density at radius 2 is 2.14 bits per heavy atom. The van der Waals surface area contributed by atoms with Gasteiger partial charge in [0.25, 0.3) is 0 Å². The third-order valence-corrected chi connectivity index (χ3v) is 4.96. The van der Waals surface area contributed by atoms with Gasteiger partial charge in [-0.05, 0) is 24.6 Å². The molecule has 2 rings (SSSR count). The summed E-state index contributed by atoms with van der Waals surface area (Å²) in [6.45, 7) is 0.487. The fraction of sp³-hybridized carbons (Fsp3) is 0.385. The molecule has 0 aromatic heterocycles. The van der Waals surface area contributed by atoms with Crippen molar-refractivity contribution in [1.82, 2.24) is 9.62 Å². The fourth-order valence-corrected chi connectivity index (χ4v) is 3.52. The van der Waals surface area contributed by atoms with Crippen LogP contribution in [0.5, 0.6) is 0 Å². The number of nitrogens with one attached hydrogen (secondary N) is 1. The molecule has 1 aromatic carbocycles. The third kappa shape index (κ3) is 3.40. The van der Waals surface area contributed by atoms with Gasteiger partial charge >= 0.3 is 5.97 Å². The van der Waals surface area contributed by atoms with Crippen LogP contribution < -0.4 is 5.32 Å². The van der Waals surface area contributed by atoms with Crippen LogP contribution in [0.25, 0.3) is 0 Å². The van der Waals surface area contributed by atoms with Crippen LogP contribution in [0.3, 0.4) is 0 Å². The number of ether oxygens (including phenoxy) is 1. The average molecular weight is 312 g/mol. The van der Waals surface area contributed by atoms with E-state index in [0.717, 1.165) is 4.31 Å². The Bertz CT molecular complexity index is 656. The Kier molecular flexibility index (Phi) is 4.59. The summed E-state index contributed by atoms with van der Waals surface area (Å²) in [6, 6.07) is 5.59. The maximum absolute atomic E-state index is 12.5. The first-order chi connectivity index (χ1) is 9.95. The van der Waals surface area contributed by atoms with Gasteiger partial charge in [0, 0.05) is 13.1 Å². The first kappa shape index (κ1) is 15.5. The minimum absolute atomic E-state index is 0.0277. The highest BCUT2D eigenvalue weighted by Gasteiger charge is 2.28. The third-order valence-electron chi connectivity index (χ3n) is 3.12. The number of amides is 1. The van der Waals surface area contributed by atoms with Gasteiger partial charge in [-0.3, -0.25) is 4.79 Å². The van der Waals surface area contributed by atoms with E-state index in [-0.39, 0.29) is 29.5 Å². The number of rotatable bonds is 3. The van der Waals surface area contributed by atoms with Crippen LogP contribution in [0.4, 0.5) is 0 Å². The molecule has 1 N–H and O–H groups in total. The van der Waals surface area contributed by atoms with Crippen LogP contribution in [0.15, 0.2) is 29.2 Å². The monoisotopic (exact) mass is 312 g/mol. The van der Waals surface area contributed by atoms with Gasteiger partial charge in [-0.1, -0.05) is 6.07 Å². The molecule has 21 heavy (non-hydrogen) atoms. The van der Waals surface area contributed by atoms with Gasteiger partial charge in [-0.25, -0.2) is 13.2 Å². The lowest BCUT2D eigenvalue weighted by Crippen LogP contribution is -2.37. The van der Waals surface area contributed by atoms with Crippen molar-refractivity contribution in [3.8, 4) is 0 Å². The SMILES string of the molecule is COC(=O)c1cccc(S(=O)(=O)N2CCCNC(=O)C2)c1. The van der Waals surface area contributed by atoms with Crippen molar-refractivity contribution in [3.05, 3.63) is 29.8 Å². The fourth-order valence-electron chi connectivity index (χ4n) is 2.03. The predicted octanol–water partition coefficient (Wildman–Crippen LogP) is -0.0162. The Labute approximate surface area is 122 Å². The number of sulfonamides is 1. The highest BCUT2D eigenvalue weighted by atomic mass is 32.2. The number of esters is 1. The molecule has 1 aromatic rings. The molecule has 0 saturated carbocycles. The summed E-state index contributed by atoms with van der Waals surface area (Å²) in [5, 5.41) is 2.62. The normalized spacial score (nSPS) is 16.9. The molecule has 0 unspecified atom stereocenters. The van der Waals surface area contributed by atoms with Crippen molar-refractivity contribution < 1.29 is 22.7 Å². The average Bonchev–Trinajstić information content (AvgIpc) is 2.71. The molecule has 0 atom stereocenters. The maximum atomic E-state index is 12.5. The number of carbonyl (C=O) groups excluding carboxylic acids is 2. The predicted molar refractivity (Wildman–Crippen MR) is 74.2 cm³/mol. The summed E-state index contributed by atoms with van der Waals surface area (Å²) in [5.74, 6) is -0.944. The summed E-state index contributed by atoms with van der Waals surface area (Å²) in [4.78, 5) is 23.0. The molecule has 1 aliphatic rings. The summed E-state index contributed by atoms with van der Waals surface area (Å²) in [7, 11) is -2.59. The van der Waals surface area contributed by atoms with Crippen molar-refractivity contribution in [2.24, 2.45) is 0 Å². The molecule has 7 nitrogen and oxygen atoms in total. The molecule has 0 bridgehead atoms. The molecule has 114 valence electrons. The van der Waals surface area contributed by atoms with E-state index < -0.39 is 16.0 Å². The largest absolute Gasteiger partial charge is 0.465 e. The number of nitrogens with zero attached hydrogens (tertiary/aromatic N) is 1. The lowest BCUT2D eigenvalue weighted by Gasteiger charge is -2.19. The Morgan fingerprint density at radius 3 is 2.86 bits per heavy atom. The van der Waals surface area contributed by atoms with Crippen LogP contribution >= 0.6 is 0 Å². The summed E-state index contributed by atoms with van der Waals surface area (Å²) >= 11 is 0. The quantitative estimate of drug-likeness (QED) is 0.792. The summed E-state index contributed by atoms with van der Waals surface area (Å²) in [6.07, 6.45) is 0.543. The Balaban J connectivity index is 2.34. The zero-order valence-corrected chi connectivity index (χ0v) is 12.4. The number of carbonyl (C=O) groups is 2. The molecular formula is C13H16N2O5S. The lowest BCUT2D eigenvalue weighted by molar-refractivity contribution is -0.120. The van der Waals surface area contributed by atoms with Crippen molar-refractivity contribution in [2.75, 3.05) is 26.7 Å². The van der Waals surface area contributed by atoms with Crippen LogP contribution in [-0.2, 0) is 19.6 Å². The van der Waals surface area contributed by atoms with Crippen molar-refractivity contribution in [1.29, 1.82) is 0 Å². The van der Waals surface area contributed by atoms with E-state index in [0.29, 0.717) is 13.0 Å². The summed E-state index contributed by atoms with van der Waals surface area (Å²) in [5.41, 5.74) is 0.151. The minimum atomic E-state index is -3.82. The molecule has 1 amide bonds. The highest BCUT2D eigenvalue weighted by Crippen LogP contribution is 2.18.